The molecule has 3 N–H and O–H groups in total. The number of ether oxygens (including phenoxy) is 1. The van der Waals surface area contributed by atoms with E-state index in [-0.39, 0.29) is 24.5 Å². The van der Waals surface area contributed by atoms with Gasteiger partial charge < -0.3 is 25.0 Å². The first-order valence-corrected chi connectivity index (χ1v) is 12.7. The summed E-state index contributed by atoms with van der Waals surface area (Å²) in [5.41, 5.74) is 2.76. The van der Waals surface area contributed by atoms with Crippen LogP contribution in [-0.2, 0) is 16.6 Å². The van der Waals surface area contributed by atoms with Crippen LogP contribution in [0.3, 0.4) is 0 Å². The molecule has 4 aliphatic carbocycles. The maximum atomic E-state index is 13.5. The molecule has 7 rings (SSSR count). The molecule has 188 valence electrons. The van der Waals surface area contributed by atoms with Crippen LogP contribution in [-0.4, -0.2) is 51.8 Å². The third-order valence-corrected chi connectivity index (χ3v) is 8.35. The van der Waals surface area contributed by atoms with Crippen LogP contribution in [0.15, 0.2) is 42.5 Å². The number of methoxy groups -OCH3 is 1. The summed E-state index contributed by atoms with van der Waals surface area (Å²) >= 11 is 0. The van der Waals surface area contributed by atoms with E-state index >= 15 is 0 Å². The summed E-state index contributed by atoms with van der Waals surface area (Å²) in [6.45, 7) is -0.0865. The zero-order chi connectivity index (χ0) is 25.0. The van der Waals surface area contributed by atoms with Crippen molar-refractivity contribution < 1.29 is 19.4 Å². The van der Waals surface area contributed by atoms with E-state index in [9.17, 15) is 14.7 Å². The first-order chi connectivity index (χ1) is 17.3. The highest BCUT2D eigenvalue weighted by atomic mass is 16.5. The lowest BCUT2D eigenvalue weighted by atomic mass is 9.52. The third kappa shape index (κ3) is 3.98. The Hall–Kier alpha value is -3.23. The molecule has 0 spiro atoms. The van der Waals surface area contributed by atoms with Crippen molar-refractivity contribution in [3.05, 3.63) is 48.0 Å². The van der Waals surface area contributed by atoms with Gasteiger partial charge in [0.15, 0.2) is 0 Å². The highest BCUT2D eigenvalue weighted by Gasteiger charge is 2.55. The molecule has 0 saturated heterocycles. The highest BCUT2D eigenvalue weighted by molar-refractivity contribution is 6.06. The van der Waals surface area contributed by atoms with Crippen LogP contribution in [0.25, 0.3) is 22.4 Å². The number of aryl methyl sites for hydroxylation is 1. The standard InChI is InChI=1S/C28H32N4O4/c1-32-25-21(29-23(33)15-36-2)10-18(11-22(25)30-26(32)17-6-4-3-5-7-17)27(34)31-24-19-8-16-9-20(24)14-28(35,12-16)13-19/h3-7,10-11,16,19-20,24,35H,8-9,12-15H2,1-2H3,(H,29,33)(H,31,34)/t16?,19-,20+,24?,28?. The van der Waals surface area contributed by atoms with E-state index in [1.54, 1.807) is 12.1 Å². The van der Waals surface area contributed by atoms with Gasteiger partial charge in [0, 0.05) is 31.3 Å². The first kappa shape index (κ1) is 23.2. The van der Waals surface area contributed by atoms with Crippen LogP contribution in [0.2, 0.25) is 0 Å². The Bertz CT molecular complexity index is 1320. The van der Waals surface area contributed by atoms with Gasteiger partial charge in [-0.15, -0.1) is 0 Å². The van der Waals surface area contributed by atoms with Crippen LogP contribution in [0.4, 0.5) is 5.69 Å². The Balaban J connectivity index is 1.35. The van der Waals surface area contributed by atoms with Crippen molar-refractivity contribution in [2.45, 2.75) is 43.7 Å². The lowest BCUT2D eigenvalue weighted by Crippen LogP contribution is -2.61. The van der Waals surface area contributed by atoms with Crippen molar-refractivity contribution in [1.29, 1.82) is 0 Å². The molecule has 0 aliphatic heterocycles. The lowest BCUT2D eigenvalue weighted by Gasteiger charge is -2.58. The Morgan fingerprint density at radius 2 is 1.86 bits per heavy atom. The van der Waals surface area contributed by atoms with Crippen LogP contribution in [0.5, 0.6) is 0 Å². The summed E-state index contributed by atoms with van der Waals surface area (Å²) < 4.78 is 6.94. The number of anilines is 1. The number of benzene rings is 2. The maximum absolute atomic E-state index is 13.5. The topological polar surface area (TPSA) is 105 Å². The molecule has 4 fully saturated rings. The summed E-state index contributed by atoms with van der Waals surface area (Å²) in [7, 11) is 3.38. The molecule has 8 nitrogen and oxygen atoms in total. The largest absolute Gasteiger partial charge is 0.390 e. The van der Waals surface area contributed by atoms with E-state index < -0.39 is 5.60 Å². The predicted molar refractivity (Wildman–Crippen MR) is 136 cm³/mol. The van der Waals surface area contributed by atoms with Crippen molar-refractivity contribution >= 4 is 28.5 Å². The van der Waals surface area contributed by atoms with Crippen molar-refractivity contribution in [2.75, 3.05) is 19.0 Å². The monoisotopic (exact) mass is 488 g/mol. The number of carbonyl (C=O) groups excluding carboxylic acids is 2. The summed E-state index contributed by atoms with van der Waals surface area (Å²) in [5.74, 6) is 1.48. The van der Waals surface area contributed by atoms with Crippen molar-refractivity contribution in [2.24, 2.45) is 24.8 Å². The molecule has 4 aliphatic rings. The van der Waals surface area contributed by atoms with E-state index in [4.69, 9.17) is 9.72 Å². The molecule has 3 aromatic rings. The number of hydrogen-bond acceptors (Lipinski definition) is 5. The van der Waals surface area contributed by atoms with Gasteiger partial charge in [0.2, 0.25) is 5.91 Å². The van der Waals surface area contributed by atoms with Gasteiger partial charge in [-0.3, -0.25) is 9.59 Å². The van der Waals surface area contributed by atoms with Gasteiger partial charge in [-0.1, -0.05) is 30.3 Å². The predicted octanol–water partition coefficient (Wildman–Crippen LogP) is 3.49. The summed E-state index contributed by atoms with van der Waals surface area (Å²) in [6.07, 6.45) is 4.58. The van der Waals surface area contributed by atoms with Gasteiger partial charge in [-0.05, 0) is 62.0 Å². The minimum absolute atomic E-state index is 0.0696. The van der Waals surface area contributed by atoms with Crippen molar-refractivity contribution in [1.82, 2.24) is 14.9 Å². The number of fused-ring (bicyclic) bond motifs is 1. The SMILES string of the molecule is COCC(=O)Nc1cc(C(=O)NC2[C@@H]3CC4C[C@H]2CC(O)(C4)C3)cc2nc(-c3ccccc3)n(C)c12. The minimum atomic E-state index is -0.544. The average Bonchev–Trinajstić information content (AvgIpc) is 3.17. The molecule has 4 bridgehead atoms. The number of imidazole rings is 1. The molecule has 1 aromatic heterocycles. The van der Waals surface area contributed by atoms with E-state index in [0.717, 1.165) is 49.0 Å². The lowest BCUT2D eigenvalue weighted by molar-refractivity contribution is -0.136. The second-order valence-corrected chi connectivity index (χ2v) is 10.9. The molecule has 1 heterocycles. The molecule has 2 amide bonds. The molecule has 3 unspecified atom stereocenters. The molecule has 8 heteroatoms. The van der Waals surface area contributed by atoms with Crippen LogP contribution in [0, 0.1) is 17.8 Å². The molecule has 0 radical (unpaired) electrons. The summed E-state index contributed by atoms with van der Waals surface area (Å²) in [4.78, 5) is 30.8. The minimum Gasteiger partial charge on any atom is -0.390 e. The van der Waals surface area contributed by atoms with E-state index in [0.29, 0.717) is 34.5 Å². The Morgan fingerprint density at radius 1 is 1.14 bits per heavy atom. The molecule has 36 heavy (non-hydrogen) atoms. The highest BCUT2D eigenvalue weighted by Crippen LogP contribution is 2.55. The molecule has 2 aromatic carbocycles. The quantitative estimate of drug-likeness (QED) is 0.493. The normalized spacial score (nSPS) is 28.4. The van der Waals surface area contributed by atoms with Crippen molar-refractivity contribution in [3.63, 3.8) is 0 Å². The van der Waals surface area contributed by atoms with Gasteiger partial charge in [-0.2, -0.15) is 0 Å². The van der Waals surface area contributed by atoms with Crippen LogP contribution < -0.4 is 10.6 Å². The second-order valence-electron chi connectivity index (χ2n) is 10.9. The fourth-order valence-corrected chi connectivity index (χ4v) is 7.19. The van der Waals surface area contributed by atoms with E-state index in [1.807, 2.05) is 41.9 Å². The zero-order valence-corrected chi connectivity index (χ0v) is 20.7. The van der Waals surface area contributed by atoms with Crippen LogP contribution >= 0.6 is 0 Å². The molecular formula is C28H32N4O4. The first-order valence-electron chi connectivity index (χ1n) is 12.7. The average molecular weight is 489 g/mol. The maximum Gasteiger partial charge on any atom is 0.251 e. The zero-order valence-electron chi connectivity index (χ0n) is 20.7. The third-order valence-electron chi connectivity index (χ3n) is 8.35. The number of rotatable bonds is 6. The van der Waals surface area contributed by atoms with Gasteiger partial charge in [0.1, 0.15) is 12.4 Å². The Kier molecular flexibility index (Phi) is 5.61. The van der Waals surface area contributed by atoms with Crippen LogP contribution in [0.1, 0.15) is 42.5 Å². The van der Waals surface area contributed by atoms with E-state index in [1.165, 1.54) is 7.11 Å². The molecular weight excluding hydrogens is 456 g/mol. The summed E-state index contributed by atoms with van der Waals surface area (Å²) in [5, 5.41) is 17.1. The number of nitrogens with one attached hydrogen (secondary N) is 2. The van der Waals surface area contributed by atoms with E-state index in [2.05, 4.69) is 10.6 Å². The van der Waals surface area contributed by atoms with Gasteiger partial charge in [0.25, 0.3) is 5.91 Å². The number of aliphatic hydroxyl groups is 1. The number of hydrogen-bond donors (Lipinski definition) is 3. The van der Waals surface area contributed by atoms with Gasteiger partial charge >= 0.3 is 0 Å². The number of carbonyl (C=O) groups is 2. The summed E-state index contributed by atoms with van der Waals surface area (Å²) in [6, 6.07) is 13.4. The van der Waals surface area contributed by atoms with Gasteiger partial charge in [0.05, 0.1) is 22.3 Å². The fraction of sp³-hybridized carbons (Fsp3) is 0.464. The molecule has 5 atom stereocenters. The number of aromatic nitrogens is 2. The Morgan fingerprint density at radius 3 is 2.53 bits per heavy atom. The molecule has 4 saturated carbocycles. The second kappa shape index (κ2) is 8.71. The fourth-order valence-electron chi connectivity index (χ4n) is 7.19. The number of amides is 2. The van der Waals surface area contributed by atoms with Gasteiger partial charge in [-0.25, -0.2) is 4.98 Å². The smallest absolute Gasteiger partial charge is 0.251 e. The Labute approximate surface area is 210 Å². The van der Waals surface area contributed by atoms with Crippen molar-refractivity contribution in [3.8, 4) is 11.4 Å². The number of nitrogens with zero attached hydrogens (tertiary/aromatic N) is 2.